The monoisotopic (exact) mass is 387 g/mol. The third-order valence-electron chi connectivity index (χ3n) is 5.34. The summed E-state index contributed by atoms with van der Waals surface area (Å²) < 4.78 is 0. The highest BCUT2D eigenvalue weighted by atomic mass is 16.1. The summed E-state index contributed by atoms with van der Waals surface area (Å²) >= 11 is 0. The van der Waals surface area contributed by atoms with Gasteiger partial charge in [-0.15, -0.1) is 0 Å². The van der Waals surface area contributed by atoms with Crippen LogP contribution in [0.15, 0.2) is 91.0 Å². The van der Waals surface area contributed by atoms with Crippen LogP contribution in [0.4, 0.5) is 0 Å². The van der Waals surface area contributed by atoms with Crippen molar-refractivity contribution >= 4 is 5.78 Å². The number of carbonyl (C=O) groups excluding carboxylic acids is 1. The van der Waals surface area contributed by atoms with Gasteiger partial charge in [-0.3, -0.25) is 4.79 Å². The highest BCUT2D eigenvalue weighted by Gasteiger charge is 2.24. The number of rotatable bonds is 7. The van der Waals surface area contributed by atoms with E-state index in [9.17, 15) is 4.79 Å². The van der Waals surface area contributed by atoms with Crippen molar-refractivity contribution in [3.8, 4) is 0 Å². The quantitative estimate of drug-likeness (QED) is 0.502. The molecule has 0 radical (unpaired) electrons. The van der Waals surface area contributed by atoms with Crippen LogP contribution in [-0.4, -0.2) is 30.8 Å². The zero-order valence-corrected chi connectivity index (χ0v) is 18.1. The number of benzene rings is 3. The van der Waals surface area contributed by atoms with E-state index in [-0.39, 0.29) is 5.92 Å². The van der Waals surface area contributed by atoms with Crippen molar-refractivity contribution in [2.24, 2.45) is 0 Å². The Morgan fingerprint density at radius 2 is 1.28 bits per heavy atom. The number of carbonyl (C=O) groups is 1. The van der Waals surface area contributed by atoms with E-state index in [0.29, 0.717) is 18.2 Å². The van der Waals surface area contributed by atoms with E-state index < -0.39 is 0 Å². The molecule has 0 heterocycles. The zero-order valence-electron chi connectivity index (χ0n) is 18.1. The van der Waals surface area contributed by atoms with Gasteiger partial charge < -0.3 is 4.90 Å². The molecule has 0 aliphatic rings. The third-order valence-corrected chi connectivity index (χ3v) is 5.34. The molecule has 3 rings (SSSR count). The SMILES string of the molecule is Cc1ccccc1CC(=O)C(CC(C)N(C)C)c1ccccc1.c1ccccc1. The second-order valence-electron chi connectivity index (χ2n) is 7.74. The van der Waals surface area contributed by atoms with Gasteiger partial charge in [-0.1, -0.05) is 91.0 Å². The number of hydrogen-bond acceptors (Lipinski definition) is 2. The van der Waals surface area contributed by atoms with Gasteiger partial charge in [0.2, 0.25) is 0 Å². The van der Waals surface area contributed by atoms with E-state index in [1.807, 2.05) is 66.7 Å². The molecular formula is C27H33NO. The van der Waals surface area contributed by atoms with E-state index >= 15 is 0 Å². The number of hydrogen-bond donors (Lipinski definition) is 0. The predicted molar refractivity (Wildman–Crippen MR) is 123 cm³/mol. The molecule has 2 unspecified atom stereocenters. The van der Waals surface area contributed by atoms with E-state index in [2.05, 4.69) is 57.1 Å². The van der Waals surface area contributed by atoms with Gasteiger partial charge in [-0.25, -0.2) is 0 Å². The Bertz CT molecular complexity index is 816. The Morgan fingerprint density at radius 1 is 0.793 bits per heavy atom. The summed E-state index contributed by atoms with van der Waals surface area (Å²) in [5.74, 6) is 0.257. The highest BCUT2D eigenvalue weighted by molar-refractivity contribution is 5.88. The van der Waals surface area contributed by atoms with Crippen LogP contribution in [0.1, 0.15) is 36.0 Å². The van der Waals surface area contributed by atoms with Crippen LogP contribution in [0.2, 0.25) is 0 Å². The predicted octanol–water partition coefficient (Wildman–Crippen LogP) is 5.92. The lowest BCUT2D eigenvalue weighted by atomic mass is 9.85. The average Bonchev–Trinajstić information content (AvgIpc) is 2.75. The summed E-state index contributed by atoms with van der Waals surface area (Å²) in [6.07, 6.45) is 1.36. The summed E-state index contributed by atoms with van der Waals surface area (Å²) in [5.41, 5.74) is 3.45. The van der Waals surface area contributed by atoms with E-state index in [0.717, 1.165) is 17.5 Å². The fourth-order valence-electron chi connectivity index (χ4n) is 3.19. The lowest BCUT2D eigenvalue weighted by molar-refractivity contribution is -0.120. The first-order chi connectivity index (χ1) is 14.0. The van der Waals surface area contributed by atoms with Crippen LogP contribution in [0.3, 0.4) is 0 Å². The normalized spacial score (nSPS) is 12.6. The number of nitrogens with zero attached hydrogens (tertiary/aromatic N) is 1. The van der Waals surface area contributed by atoms with Gasteiger partial charge in [0.1, 0.15) is 5.78 Å². The minimum absolute atomic E-state index is 0.0480. The molecule has 0 saturated carbocycles. The molecule has 0 bridgehead atoms. The molecule has 0 fully saturated rings. The molecular weight excluding hydrogens is 354 g/mol. The maximum Gasteiger partial charge on any atom is 0.144 e. The second-order valence-corrected chi connectivity index (χ2v) is 7.74. The second kappa shape index (κ2) is 12.0. The molecule has 0 spiro atoms. The molecule has 2 heteroatoms. The maximum atomic E-state index is 13.0. The summed E-state index contributed by atoms with van der Waals surface area (Å²) in [4.78, 5) is 15.2. The first kappa shape index (κ1) is 22.6. The fraction of sp³-hybridized carbons (Fsp3) is 0.296. The molecule has 2 atom stereocenters. The molecule has 3 aromatic rings. The van der Waals surface area contributed by atoms with Crippen molar-refractivity contribution in [1.29, 1.82) is 0 Å². The lowest BCUT2D eigenvalue weighted by Crippen LogP contribution is -2.29. The molecule has 0 amide bonds. The van der Waals surface area contributed by atoms with Gasteiger partial charge in [0.25, 0.3) is 0 Å². The lowest BCUT2D eigenvalue weighted by Gasteiger charge is -2.25. The number of Topliss-reactive ketones (excluding diaryl/α,β-unsaturated/α-hetero) is 1. The largest absolute Gasteiger partial charge is 0.307 e. The number of ketones is 1. The van der Waals surface area contributed by atoms with E-state index in [1.54, 1.807) is 0 Å². The first-order valence-electron chi connectivity index (χ1n) is 10.3. The van der Waals surface area contributed by atoms with E-state index in [4.69, 9.17) is 0 Å². The Hall–Kier alpha value is -2.71. The van der Waals surface area contributed by atoms with Crippen molar-refractivity contribution < 1.29 is 4.79 Å². The van der Waals surface area contributed by atoms with Crippen molar-refractivity contribution in [1.82, 2.24) is 4.90 Å². The molecule has 0 N–H and O–H groups in total. The fourth-order valence-corrected chi connectivity index (χ4v) is 3.19. The number of aryl methyl sites for hydroxylation is 1. The van der Waals surface area contributed by atoms with Gasteiger partial charge in [0.05, 0.1) is 0 Å². The van der Waals surface area contributed by atoms with Gasteiger partial charge in [0.15, 0.2) is 0 Å². The van der Waals surface area contributed by atoms with Crippen LogP contribution in [-0.2, 0) is 11.2 Å². The highest BCUT2D eigenvalue weighted by Crippen LogP contribution is 2.26. The zero-order chi connectivity index (χ0) is 21.1. The minimum atomic E-state index is -0.0480. The Kier molecular flexibility index (Phi) is 9.33. The average molecular weight is 388 g/mol. The molecule has 0 aliphatic carbocycles. The molecule has 0 aliphatic heterocycles. The summed E-state index contributed by atoms with van der Waals surface area (Å²) in [5, 5.41) is 0. The Morgan fingerprint density at radius 3 is 1.79 bits per heavy atom. The van der Waals surface area contributed by atoms with Crippen molar-refractivity contribution in [2.45, 2.75) is 38.6 Å². The molecule has 29 heavy (non-hydrogen) atoms. The molecule has 2 nitrogen and oxygen atoms in total. The van der Waals surface area contributed by atoms with Crippen molar-refractivity contribution in [3.05, 3.63) is 108 Å². The summed E-state index contributed by atoms with van der Waals surface area (Å²) in [6.45, 7) is 4.25. The van der Waals surface area contributed by atoms with Crippen LogP contribution in [0.5, 0.6) is 0 Å². The van der Waals surface area contributed by atoms with Crippen molar-refractivity contribution in [3.63, 3.8) is 0 Å². The standard InChI is InChI=1S/C21H27NO.C6H6/c1-16-10-8-9-13-19(16)15-21(23)20(14-17(2)22(3)4)18-11-6-5-7-12-18;1-2-4-6-5-3-1/h5-13,17,20H,14-15H2,1-4H3;1-6H. The molecule has 3 aromatic carbocycles. The van der Waals surface area contributed by atoms with Crippen LogP contribution >= 0.6 is 0 Å². The van der Waals surface area contributed by atoms with Gasteiger partial charge >= 0.3 is 0 Å². The maximum absolute atomic E-state index is 13.0. The first-order valence-corrected chi connectivity index (χ1v) is 10.3. The third kappa shape index (κ3) is 7.67. The Labute approximate surface area is 176 Å². The summed E-state index contributed by atoms with van der Waals surface area (Å²) in [6, 6.07) is 30.7. The smallest absolute Gasteiger partial charge is 0.144 e. The minimum Gasteiger partial charge on any atom is -0.307 e. The Balaban J connectivity index is 0.000000426. The topological polar surface area (TPSA) is 20.3 Å². The molecule has 0 aromatic heterocycles. The van der Waals surface area contributed by atoms with E-state index in [1.165, 1.54) is 5.56 Å². The molecule has 152 valence electrons. The van der Waals surface area contributed by atoms with Crippen LogP contribution in [0, 0.1) is 6.92 Å². The van der Waals surface area contributed by atoms with Gasteiger partial charge in [-0.05, 0) is 51.1 Å². The van der Waals surface area contributed by atoms with Crippen molar-refractivity contribution in [2.75, 3.05) is 14.1 Å². The van der Waals surface area contributed by atoms with Gasteiger partial charge in [-0.2, -0.15) is 0 Å². The van der Waals surface area contributed by atoms with Gasteiger partial charge in [0, 0.05) is 18.4 Å². The summed E-state index contributed by atoms with van der Waals surface area (Å²) in [7, 11) is 4.14. The van der Waals surface area contributed by atoms with Crippen LogP contribution in [0.25, 0.3) is 0 Å². The molecule has 0 saturated heterocycles. The van der Waals surface area contributed by atoms with Crippen LogP contribution < -0.4 is 0 Å².